The van der Waals surface area contributed by atoms with E-state index < -0.39 is 11.9 Å². The van der Waals surface area contributed by atoms with Crippen LogP contribution < -0.4 is 15.0 Å². The standard InChI is InChI=1S/C17H15FN2O3/c1-19-16(21)15-10-20(13-7-2-3-8-14(13)23-15)17(22)11-5-4-6-12(18)9-11/h2-9,15H,10H2,1H3,(H,19,21)/t15-/m1/s1. The number of carbonyl (C=O) groups is 2. The number of amides is 2. The third-order valence-corrected chi connectivity index (χ3v) is 3.63. The van der Waals surface area contributed by atoms with E-state index in [1.165, 1.54) is 30.1 Å². The smallest absolute Gasteiger partial charge is 0.262 e. The van der Waals surface area contributed by atoms with E-state index in [0.717, 1.165) is 0 Å². The van der Waals surface area contributed by atoms with Gasteiger partial charge in [-0.25, -0.2) is 4.39 Å². The zero-order valence-corrected chi connectivity index (χ0v) is 12.5. The number of carbonyl (C=O) groups excluding carboxylic acids is 2. The SMILES string of the molecule is CNC(=O)[C@H]1CN(C(=O)c2cccc(F)c2)c2ccccc2O1. The molecule has 5 nitrogen and oxygen atoms in total. The summed E-state index contributed by atoms with van der Waals surface area (Å²) in [5.41, 5.74) is 0.777. The summed E-state index contributed by atoms with van der Waals surface area (Å²) < 4.78 is 19.0. The number of benzene rings is 2. The van der Waals surface area contributed by atoms with Crippen LogP contribution in [0.3, 0.4) is 0 Å². The third kappa shape index (κ3) is 2.88. The number of nitrogens with one attached hydrogen (secondary N) is 1. The van der Waals surface area contributed by atoms with E-state index in [9.17, 15) is 14.0 Å². The average molecular weight is 314 g/mol. The van der Waals surface area contributed by atoms with Crippen molar-refractivity contribution in [3.05, 3.63) is 59.9 Å². The molecule has 0 aromatic heterocycles. The number of halogens is 1. The Kier molecular flexibility index (Phi) is 3.97. The van der Waals surface area contributed by atoms with Gasteiger partial charge in [-0.2, -0.15) is 0 Å². The molecule has 0 spiro atoms. The molecule has 0 radical (unpaired) electrons. The monoisotopic (exact) mass is 314 g/mol. The maximum atomic E-state index is 13.4. The average Bonchev–Trinajstić information content (AvgIpc) is 2.59. The largest absolute Gasteiger partial charge is 0.477 e. The van der Waals surface area contributed by atoms with Gasteiger partial charge in [-0.15, -0.1) is 0 Å². The van der Waals surface area contributed by atoms with Crippen molar-refractivity contribution in [1.82, 2.24) is 5.32 Å². The minimum absolute atomic E-state index is 0.0615. The molecule has 1 heterocycles. The summed E-state index contributed by atoms with van der Waals surface area (Å²) in [4.78, 5) is 26.1. The Morgan fingerprint density at radius 3 is 2.74 bits per heavy atom. The second-order valence-corrected chi connectivity index (χ2v) is 5.11. The van der Waals surface area contributed by atoms with Gasteiger partial charge in [0.1, 0.15) is 11.6 Å². The molecule has 0 aliphatic carbocycles. The number of ether oxygens (including phenoxy) is 1. The molecule has 1 aliphatic rings. The first-order valence-corrected chi connectivity index (χ1v) is 7.15. The first-order chi connectivity index (χ1) is 11.1. The van der Waals surface area contributed by atoms with Crippen LogP contribution in [0, 0.1) is 5.82 Å². The molecule has 118 valence electrons. The van der Waals surface area contributed by atoms with Gasteiger partial charge >= 0.3 is 0 Å². The summed E-state index contributed by atoms with van der Waals surface area (Å²) in [6, 6.07) is 12.4. The molecular formula is C17H15FN2O3. The van der Waals surface area contributed by atoms with E-state index in [-0.39, 0.29) is 23.9 Å². The molecule has 6 heteroatoms. The zero-order chi connectivity index (χ0) is 16.4. The number of rotatable bonds is 2. The fraction of sp³-hybridized carbons (Fsp3) is 0.176. The molecule has 1 N–H and O–H groups in total. The van der Waals surface area contributed by atoms with Gasteiger partial charge in [-0.05, 0) is 30.3 Å². The van der Waals surface area contributed by atoms with Crippen LogP contribution in [0.15, 0.2) is 48.5 Å². The summed E-state index contributed by atoms with van der Waals surface area (Å²) in [5, 5.41) is 2.51. The Morgan fingerprint density at radius 2 is 2.00 bits per heavy atom. The van der Waals surface area contributed by atoms with E-state index in [0.29, 0.717) is 11.4 Å². The van der Waals surface area contributed by atoms with Crippen LogP contribution in [0.4, 0.5) is 10.1 Å². The highest BCUT2D eigenvalue weighted by atomic mass is 19.1. The number of para-hydroxylation sites is 2. The second-order valence-electron chi connectivity index (χ2n) is 5.11. The first kappa shape index (κ1) is 15.0. The van der Waals surface area contributed by atoms with Crippen molar-refractivity contribution in [2.24, 2.45) is 0 Å². The van der Waals surface area contributed by atoms with Crippen LogP contribution in [-0.4, -0.2) is 31.5 Å². The summed E-state index contributed by atoms with van der Waals surface area (Å²) in [6.07, 6.45) is -0.813. The first-order valence-electron chi connectivity index (χ1n) is 7.15. The fourth-order valence-electron chi connectivity index (χ4n) is 2.50. The molecule has 2 aromatic rings. The Labute approximate surface area is 132 Å². The Balaban J connectivity index is 1.99. The molecular weight excluding hydrogens is 299 g/mol. The lowest BCUT2D eigenvalue weighted by Gasteiger charge is -2.34. The van der Waals surface area contributed by atoms with Gasteiger partial charge in [0.25, 0.3) is 11.8 Å². The van der Waals surface area contributed by atoms with Crippen molar-refractivity contribution in [3.63, 3.8) is 0 Å². The van der Waals surface area contributed by atoms with Gasteiger partial charge in [0.15, 0.2) is 6.10 Å². The Bertz CT molecular complexity index is 763. The van der Waals surface area contributed by atoms with Crippen molar-refractivity contribution < 1.29 is 18.7 Å². The molecule has 0 saturated heterocycles. The predicted octanol–water partition coefficient (Wildman–Crippen LogP) is 1.98. The van der Waals surface area contributed by atoms with Gasteiger partial charge in [0.2, 0.25) is 0 Å². The number of hydrogen-bond donors (Lipinski definition) is 1. The third-order valence-electron chi connectivity index (χ3n) is 3.63. The topological polar surface area (TPSA) is 58.6 Å². The summed E-state index contributed by atoms with van der Waals surface area (Å²) in [7, 11) is 1.50. The van der Waals surface area contributed by atoms with Gasteiger partial charge in [0, 0.05) is 12.6 Å². The lowest BCUT2D eigenvalue weighted by molar-refractivity contribution is -0.127. The number of likely N-dealkylation sites (N-methyl/N-ethyl adjacent to an activating group) is 1. The van der Waals surface area contributed by atoms with Gasteiger partial charge in [-0.1, -0.05) is 18.2 Å². The Morgan fingerprint density at radius 1 is 1.22 bits per heavy atom. The van der Waals surface area contributed by atoms with Crippen molar-refractivity contribution in [2.45, 2.75) is 6.10 Å². The maximum absolute atomic E-state index is 13.4. The minimum atomic E-state index is -0.813. The molecule has 0 saturated carbocycles. The van der Waals surface area contributed by atoms with Crippen LogP contribution in [0.5, 0.6) is 5.75 Å². The highest BCUT2D eigenvalue weighted by molar-refractivity contribution is 6.07. The number of nitrogens with zero attached hydrogens (tertiary/aromatic N) is 1. The molecule has 0 fully saturated rings. The highest BCUT2D eigenvalue weighted by Crippen LogP contribution is 2.34. The van der Waals surface area contributed by atoms with Crippen LogP contribution >= 0.6 is 0 Å². The molecule has 23 heavy (non-hydrogen) atoms. The van der Waals surface area contributed by atoms with Crippen LogP contribution in [-0.2, 0) is 4.79 Å². The molecule has 2 aromatic carbocycles. The normalized spacial score (nSPS) is 16.3. The summed E-state index contributed by atoms with van der Waals surface area (Å²) in [6.45, 7) is 0.0615. The van der Waals surface area contributed by atoms with Crippen LogP contribution in [0.2, 0.25) is 0 Å². The molecule has 1 atom stereocenters. The summed E-state index contributed by atoms with van der Waals surface area (Å²) in [5.74, 6) is -0.747. The maximum Gasteiger partial charge on any atom is 0.262 e. The minimum Gasteiger partial charge on any atom is -0.477 e. The molecule has 3 rings (SSSR count). The molecule has 0 unspecified atom stereocenters. The van der Waals surface area contributed by atoms with Crippen LogP contribution in [0.1, 0.15) is 10.4 Å². The highest BCUT2D eigenvalue weighted by Gasteiger charge is 2.33. The summed E-state index contributed by atoms with van der Waals surface area (Å²) >= 11 is 0. The van der Waals surface area contributed by atoms with Crippen molar-refractivity contribution >= 4 is 17.5 Å². The van der Waals surface area contributed by atoms with Gasteiger partial charge in [-0.3, -0.25) is 9.59 Å². The Hall–Kier alpha value is -2.89. The van der Waals surface area contributed by atoms with E-state index >= 15 is 0 Å². The second kappa shape index (κ2) is 6.08. The van der Waals surface area contributed by atoms with Crippen molar-refractivity contribution in [2.75, 3.05) is 18.5 Å². The van der Waals surface area contributed by atoms with E-state index in [1.54, 1.807) is 30.3 Å². The van der Waals surface area contributed by atoms with E-state index in [2.05, 4.69) is 5.32 Å². The van der Waals surface area contributed by atoms with Crippen molar-refractivity contribution in [1.29, 1.82) is 0 Å². The molecule has 1 aliphatic heterocycles. The van der Waals surface area contributed by atoms with E-state index in [4.69, 9.17) is 4.74 Å². The molecule has 0 bridgehead atoms. The van der Waals surface area contributed by atoms with Gasteiger partial charge < -0.3 is 15.0 Å². The molecule has 2 amide bonds. The fourth-order valence-corrected chi connectivity index (χ4v) is 2.50. The van der Waals surface area contributed by atoms with E-state index in [1.807, 2.05) is 0 Å². The number of hydrogen-bond acceptors (Lipinski definition) is 3. The number of fused-ring (bicyclic) bond motifs is 1. The lowest BCUT2D eigenvalue weighted by Crippen LogP contribution is -2.50. The number of anilines is 1. The quantitative estimate of drug-likeness (QED) is 0.922. The zero-order valence-electron chi connectivity index (χ0n) is 12.5. The van der Waals surface area contributed by atoms with Gasteiger partial charge in [0.05, 0.1) is 12.2 Å². The van der Waals surface area contributed by atoms with Crippen LogP contribution in [0.25, 0.3) is 0 Å². The lowest BCUT2D eigenvalue weighted by atomic mass is 10.1. The van der Waals surface area contributed by atoms with Crippen molar-refractivity contribution in [3.8, 4) is 5.75 Å². The predicted molar refractivity (Wildman–Crippen MR) is 83.0 cm³/mol.